The highest BCUT2D eigenvalue weighted by molar-refractivity contribution is 5.90. The van der Waals surface area contributed by atoms with E-state index in [0.29, 0.717) is 30.8 Å². The fourth-order valence-corrected chi connectivity index (χ4v) is 3.13. The molecule has 3 rings (SSSR count). The van der Waals surface area contributed by atoms with Gasteiger partial charge in [0.25, 0.3) is 0 Å². The summed E-state index contributed by atoms with van der Waals surface area (Å²) in [6, 6.07) is 9.30. The maximum absolute atomic E-state index is 12.9. The number of aromatic nitrogens is 1. The molecule has 0 spiro atoms. The average molecular weight is 400 g/mol. The Balaban J connectivity index is 1.41. The monoisotopic (exact) mass is 400 g/mol. The molecule has 7 nitrogen and oxygen atoms in total. The minimum Gasteiger partial charge on any atom is -0.462 e. The van der Waals surface area contributed by atoms with Crippen LogP contribution in [0.25, 0.3) is 0 Å². The summed E-state index contributed by atoms with van der Waals surface area (Å²) in [7, 11) is 0. The Hall–Kier alpha value is -3.00. The summed E-state index contributed by atoms with van der Waals surface area (Å²) in [5.74, 6) is 0.0446. The van der Waals surface area contributed by atoms with Gasteiger partial charge < -0.3 is 15.0 Å². The standard InChI is InChI=1S/C21H25FN4O3/c1-2-29-21(28)16-3-8-19(23-15-16)26-13-11-25(12-14-26)10-9-20(27)24-18-6-4-17(22)5-7-18/h3-8,15H,2,9-14H2,1H3,(H,24,27). The summed E-state index contributed by atoms with van der Waals surface area (Å²) in [4.78, 5) is 32.5. The van der Waals surface area contributed by atoms with E-state index in [1.807, 2.05) is 6.07 Å². The number of nitrogens with one attached hydrogen (secondary N) is 1. The van der Waals surface area contributed by atoms with Gasteiger partial charge in [-0.1, -0.05) is 0 Å². The van der Waals surface area contributed by atoms with Crippen LogP contribution in [-0.2, 0) is 9.53 Å². The molecule has 0 unspecified atom stereocenters. The number of carbonyl (C=O) groups excluding carboxylic acids is 2. The number of carbonyl (C=O) groups is 2. The third kappa shape index (κ3) is 5.99. The third-order valence-corrected chi connectivity index (χ3v) is 4.74. The zero-order valence-electron chi connectivity index (χ0n) is 16.4. The molecule has 1 amide bonds. The molecule has 1 N–H and O–H groups in total. The summed E-state index contributed by atoms with van der Waals surface area (Å²) in [6.07, 6.45) is 1.92. The van der Waals surface area contributed by atoms with Crippen LogP contribution in [-0.4, -0.2) is 61.1 Å². The van der Waals surface area contributed by atoms with Crippen molar-refractivity contribution in [3.8, 4) is 0 Å². The molecule has 8 heteroatoms. The molecule has 0 radical (unpaired) electrons. The molecule has 1 aromatic heterocycles. The van der Waals surface area contributed by atoms with Crippen LogP contribution in [0.1, 0.15) is 23.7 Å². The number of hydrogen-bond donors (Lipinski definition) is 1. The first-order valence-electron chi connectivity index (χ1n) is 9.71. The zero-order chi connectivity index (χ0) is 20.6. The third-order valence-electron chi connectivity index (χ3n) is 4.74. The van der Waals surface area contributed by atoms with Crippen LogP contribution < -0.4 is 10.2 Å². The zero-order valence-corrected chi connectivity index (χ0v) is 16.4. The van der Waals surface area contributed by atoms with E-state index in [-0.39, 0.29) is 17.7 Å². The number of hydrogen-bond acceptors (Lipinski definition) is 6. The van der Waals surface area contributed by atoms with E-state index in [0.717, 1.165) is 32.0 Å². The largest absolute Gasteiger partial charge is 0.462 e. The molecule has 154 valence electrons. The number of anilines is 2. The van der Waals surface area contributed by atoms with Gasteiger partial charge >= 0.3 is 5.97 Å². The van der Waals surface area contributed by atoms with Gasteiger partial charge in [0.05, 0.1) is 12.2 Å². The molecule has 1 aromatic carbocycles. The van der Waals surface area contributed by atoms with Gasteiger partial charge in [0.2, 0.25) is 5.91 Å². The van der Waals surface area contributed by atoms with Crippen molar-refractivity contribution in [2.24, 2.45) is 0 Å². The number of ether oxygens (including phenoxy) is 1. The normalized spacial score (nSPS) is 14.5. The van der Waals surface area contributed by atoms with Gasteiger partial charge in [0, 0.05) is 51.0 Å². The number of halogens is 1. The van der Waals surface area contributed by atoms with Crippen LogP contribution >= 0.6 is 0 Å². The predicted octanol–water partition coefficient (Wildman–Crippen LogP) is 2.55. The molecule has 1 aliphatic heterocycles. The molecular formula is C21H25FN4O3. The van der Waals surface area contributed by atoms with E-state index in [4.69, 9.17) is 4.74 Å². The Bertz CT molecular complexity index is 819. The topological polar surface area (TPSA) is 74.8 Å². The first kappa shape index (κ1) is 20.7. The number of benzene rings is 1. The van der Waals surface area contributed by atoms with Crippen molar-refractivity contribution < 1.29 is 18.7 Å². The van der Waals surface area contributed by atoms with Gasteiger partial charge in [-0.15, -0.1) is 0 Å². The molecule has 2 aromatic rings. The smallest absolute Gasteiger partial charge is 0.339 e. The first-order chi connectivity index (χ1) is 14.0. The van der Waals surface area contributed by atoms with Crippen molar-refractivity contribution in [3.63, 3.8) is 0 Å². The SMILES string of the molecule is CCOC(=O)c1ccc(N2CCN(CCC(=O)Nc3ccc(F)cc3)CC2)nc1. The lowest BCUT2D eigenvalue weighted by Crippen LogP contribution is -2.47. The predicted molar refractivity (Wildman–Crippen MR) is 108 cm³/mol. The van der Waals surface area contributed by atoms with Crippen LogP contribution in [0.4, 0.5) is 15.9 Å². The van der Waals surface area contributed by atoms with E-state index >= 15 is 0 Å². The lowest BCUT2D eigenvalue weighted by Gasteiger charge is -2.35. The highest BCUT2D eigenvalue weighted by Crippen LogP contribution is 2.15. The fraction of sp³-hybridized carbons (Fsp3) is 0.381. The quantitative estimate of drug-likeness (QED) is 0.720. The van der Waals surface area contributed by atoms with Crippen molar-refractivity contribution in [2.45, 2.75) is 13.3 Å². The van der Waals surface area contributed by atoms with Gasteiger partial charge in [-0.05, 0) is 43.3 Å². The summed E-state index contributed by atoms with van der Waals surface area (Å²) in [5, 5.41) is 2.78. The Kier molecular flexibility index (Phi) is 7.13. The van der Waals surface area contributed by atoms with Crippen molar-refractivity contribution in [1.82, 2.24) is 9.88 Å². The Labute approximate surface area is 169 Å². The lowest BCUT2D eigenvalue weighted by molar-refractivity contribution is -0.116. The molecule has 0 saturated carbocycles. The van der Waals surface area contributed by atoms with E-state index in [2.05, 4.69) is 20.1 Å². The molecule has 29 heavy (non-hydrogen) atoms. The van der Waals surface area contributed by atoms with Gasteiger partial charge in [-0.25, -0.2) is 14.2 Å². The molecule has 2 heterocycles. The number of pyridine rings is 1. The van der Waals surface area contributed by atoms with Gasteiger partial charge in [0.15, 0.2) is 0 Å². The van der Waals surface area contributed by atoms with E-state index in [9.17, 15) is 14.0 Å². The Morgan fingerprint density at radius 1 is 1.10 bits per heavy atom. The Morgan fingerprint density at radius 2 is 1.83 bits per heavy atom. The number of rotatable bonds is 7. The number of piperazine rings is 1. The fourth-order valence-electron chi connectivity index (χ4n) is 3.13. The van der Waals surface area contributed by atoms with Gasteiger partial charge in [-0.3, -0.25) is 9.69 Å². The maximum Gasteiger partial charge on any atom is 0.339 e. The van der Waals surface area contributed by atoms with Crippen LogP contribution in [0.3, 0.4) is 0 Å². The number of nitrogens with zero attached hydrogens (tertiary/aromatic N) is 3. The average Bonchev–Trinajstić information content (AvgIpc) is 2.75. The van der Waals surface area contributed by atoms with Crippen LogP contribution in [0, 0.1) is 5.82 Å². The van der Waals surface area contributed by atoms with Gasteiger partial charge in [0.1, 0.15) is 11.6 Å². The molecule has 0 aliphatic carbocycles. The van der Waals surface area contributed by atoms with Crippen molar-refractivity contribution in [2.75, 3.05) is 49.5 Å². The Morgan fingerprint density at radius 3 is 2.45 bits per heavy atom. The first-order valence-corrected chi connectivity index (χ1v) is 9.71. The summed E-state index contributed by atoms with van der Waals surface area (Å²) < 4.78 is 17.9. The van der Waals surface area contributed by atoms with E-state index in [1.54, 1.807) is 31.3 Å². The summed E-state index contributed by atoms with van der Waals surface area (Å²) >= 11 is 0. The second kappa shape index (κ2) is 9.97. The molecule has 1 aliphatic rings. The maximum atomic E-state index is 12.9. The van der Waals surface area contributed by atoms with Gasteiger partial charge in [-0.2, -0.15) is 0 Å². The van der Waals surface area contributed by atoms with Crippen LogP contribution in [0.2, 0.25) is 0 Å². The second-order valence-electron chi connectivity index (χ2n) is 6.76. The minimum absolute atomic E-state index is 0.0877. The van der Waals surface area contributed by atoms with E-state index in [1.165, 1.54) is 12.1 Å². The number of esters is 1. The minimum atomic E-state index is -0.365. The number of amides is 1. The highest BCUT2D eigenvalue weighted by Gasteiger charge is 2.19. The van der Waals surface area contributed by atoms with Crippen LogP contribution in [0.5, 0.6) is 0 Å². The summed E-state index contributed by atoms with van der Waals surface area (Å²) in [6.45, 7) is 6.01. The second-order valence-corrected chi connectivity index (χ2v) is 6.76. The molecule has 0 bridgehead atoms. The lowest BCUT2D eigenvalue weighted by atomic mass is 10.2. The molecule has 1 saturated heterocycles. The molecule has 1 fully saturated rings. The highest BCUT2D eigenvalue weighted by atomic mass is 19.1. The van der Waals surface area contributed by atoms with Crippen molar-refractivity contribution in [1.29, 1.82) is 0 Å². The van der Waals surface area contributed by atoms with Crippen LogP contribution in [0.15, 0.2) is 42.6 Å². The van der Waals surface area contributed by atoms with E-state index < -0.39 is 0 Å². The van der Waals surface area contributed by atoms with Crippen molar-refractivity contribution >= 4 is 23.4 Å². The van der Waals surface area contributed by atoms with Crippen molar-refractivity contribution in [3.05, 3.63) is 54.0 Å². The molecular weight excluding hydrogens is 375 g/mol. The summed E-state index contributed by atoms with van der Waals surface area (Å²) in [5.41, 5.74) is 1.04. The molecule has 0 atom stereocenters.